The Morgan fingerprint density at radius 3 is 0.667 bits per heavy atom. The van der Waals surface area contributed by atoms with Crippen molar-refractivity contribution in [3.8, 4) is 0 Å². The van der Waals surface area contributed by atoms with Crippen LogP contribution in [0.25, 0.3) is 0 Å². The molecule has 0 aromatic rings. The van der Waals surface area contributed by atoms with E-state index in [1.807, 2.05) is 0 Å². The first-order valence-electron chi connectivity index (χ1n) is 5.01. The number of ether oxygens (including phenoxy) is 2. The number of alkyl halides is 14. The van der Waals surface area contributed by atoms with Crippen LogP contribution in [0.2, 0.25) is 0 Å². The Kier molecular flexibility index (Phi) is 9.30. The zero-order valence-corrected chi connectivity index (χ0v) is 10.7. The van der Waals surface area contributed by atoms with Gasteiger partial charge in [0.15, 0.2) is 13.7 Å². The molecule has 0 aromatic carbocycles. The highest BCUT2D eigenvalue weighted by Gasteiger charge is 2.58. The van der Waals surface area contributed by atoms with Crippen LogP contribution in [-0.4, -0.2) is 50.6 Å². The molecule has 16 heteroatoms. The lowest BCUT2D eigenvalue weighted by Gasteiger charge is -2.21. The summed E-state index contributed by atoms with van der Waals surface area (Å²) in [6.07, 6.45) is -30.6. The molecule has 0 unspecified atom stereocenters. The summed E-state index contributed by atoms with van der Waals surface area (Å²) in [6, 6.07) is 0. The van der Waals surface area contributed by atoms with Gasteiger partial charge in [-0.2, -0.15) is 52.7 Å². The molecule has 148 valence electrons. The molecule has 0 rings (SSSR count). The first kappa shape index (κ1) is 25.2. The lowest BCUT2D eigenvalue weighted by molar-refractivity contribution is -0.328. The SMILES string of the molecule is FCOC(C(F)(F)F)C(F)(F)F.FCOC(C(F)(F)F)C(F)(F)F. The molecule has 0 aromatic heterocycles. The van der Waals surface area contributed by atoms with Crippen molar-refractivity contribution >= 4 is 0 Å². The van der Waals surface area contributed by atoms with E-state index in [4.69, 9.17) is 0 Å². The minimum absolute atomic E-state index is 2.14. The standard InChI is InChI=1S/2C4H3F7O/c2*5-1-12-2(3(6,7)8)4(9,10)11/h2*2H,1H2. The van der Waals surface area contributed by atoms with Crippen LogP contribution in [0.1, 0.15) is 0 Å². The molecule has 0 atom stereocenters. The van der Waals surface area contributed by atoms with Crippen molar-refractivity contribution in [1.29, 1.82) is 0 Å². The predicted octanol–water partition coefficient (Wildman–Crippen LogP) is 4.85. The van der Waals surface area contributed by atoms with Crippen LogP contribution in [0.3, 0.4) is 0 Å². The topological polar surface area (TPSA) is 18.5 Å². The van der Waals surface area contributed by atoms with Gasteiger partial charge >= 0.3 is 24.7 Å². The van der Waals surface area contributed by atoms with Gasteiger partial charge in [-0.1, -0.05) is 0 Å². The second kappa shape index (κ2) is 8.87. The average molecular weight is 400 g/mol. The summed E-state index contributed by atoms with van der Waals surface area (Å²) in [6.45, 7) is -4.27. The second-order valence-corrected chi connectivity index (χ2v) is 3.48. The Balaban J connectivity index is 0. The first-order valence-corrected chi connectivity index (χ1v) is 5.01. The molecule has 0 aliphatic carbocycles. The van der Waals surface area contributed by atoms with Crippen LogP contribution >= 0.6 is 0 Å². The summed E-state index contributed by atoms with van der Waals surface area (Å²) < 4.78 is 165. The van der Waals surface area contributed by atoms with Crippen molar-refractivity contribution in [3.05, 3.63) is 0 Å². The molecule has 2 nitrogen and oxygen atoms in total. The number of hydrogen-bond acceptors (Lipinski definition) is 2. The van der Waals surface area contributed by atoms with Gasteiger partial charge in [0.25, 0.3) is 12.2 Å². The minimum atomic E-state index is -5.63. The number of rotatable bonds is 4. The molecule has 0 bridgehead atoms. The van der Waals surface area contributed by atoms with Gasteiger partial charge in [-0.25, -0.2) is 8.78 Å². The molecule has 0 amide bonds. The molecule has 0 saturated carbocycles. The average Bonchev–Trinajstić information content (AvgIpc) is 2.28. The Morgan fingerprint density at radius 2 is 0.625 bits per heavy atom. The fourth-order valence-corrected chi connectivity index (χ4v) is 0.875. The van der Waals surface area contributed by atoms with Gasteiger partial charge in [0, 0.05) is 0 Å². The monoisotopic (exact) mass is 400 g/mol. The third-order valence-corrected chi connectivity index (χ3v) is 1.65. The van der Waals surface area contributed by atoms with Gasteiger partial charge in [0.2, 0.25) is 0 Å². The largest absolute Gasteiger partial charge is 0.423 e. The third kappa shape index (κ3) is 9.94. The molecule has 0 aliphatic heterocycles. The van der Waals surface area contributed by atoms with Crippen LogP contribution in [0.5, 0.6) is 0 Å². The molecule has 24 heavy (non-hydrogen) atoms. The van der Waals surface area contributed by atoms with E-state index in [1.54, 1.807) is 0 Å². The van der Waals surface area contributed by atoms with Crippen LogP contribution in [0.4, 0.5) is 61.5 Å². The summed E-state index contributed by atoms with van der Waals surface area (Å²) in [5.74, 6) is 0. The normalized spacial score (nSPS) is 14.0. The fourth-order valence-electron chi connectivity index (χ4n) is 0.875. The van der Waals surface area contributed by atoms with E-state index < -0.39 is 50.6 Å². The highest BCUT2D eigenvalue weighted by atomic mass is 19.4. The van der Waals surface area contributed by atoms with E-state index >= 15 is 0 Å². The highest BCUT2D eigenvalue weighted by molar-refractivity contribution is 4.75. The summed E-state index contributed by atoms with van der Waals surface area (Å²) in [4.78, 5) is 0. The Hall–Kier alpha value is -1.06. The van der Waals surface area contributed by atoms with Crippen molar-refractivity contribution in [3.63, 3.8) is 0 Å². The van der Waals surface area contributed by atoms with E-state index in [0.29, 0.717) is 0 Å². The van der Waals surface area contributed by atoms with Crippen LogP contribution in [0.15, 0.2) is 0 Å². The van der Waals surface area contributed by atoms with Crippen LogP contribution < -0.4 is 0 Å². The molecular weight excluding hydrogens is 394 g/mol. The lowest BCUT2D eigenvalue weighted by Crippen LogP contribution is -2.44. The van der Waals surface area contributed by atoms with Gasteiger partial charge in [-0.05, 0) is 0 Å². The Labute approximate surface area is 123 Å². The molecule has 0 radical (unpaired) electrons. The second-order valence-electron chi connectivity index (χ2n) is 3.48. The predicted molar refractivity (Wildman–Crippen MR) is 45.9 cm³/mol. The van der Waals surface area contributed by atoms with Gasteiger partial charge in [0.05, 0.1) is 0 Å². The zero-order chi connectivity index (χ0) is 20.0. The van der Waals surface area contributed by atoms with E-state index in [-0.39, 0.29) is 0 Å². The van der Waals surface area contributed by atoms with Gasteiger partial charge in [0.1, 0.15) is 0 Å². The smallest absolute Gasteiger partial charge is 0.329 e. The molecule has 0 N–H and O–H groups in total. The van der Waals surface area contributed by atoms with E-state index in [1.165, 1.54) is 0 Å². The van der Waals surface area contributed by atoms with Crippen molar-refractivity contribution < 1.29 is 70.9 Å². The van der Waals surface area contributed by atoms with Gasteiger partial charge in [-0.3, -0.25) is 0 Å². The summed E-state index contributed by atoms with van der Waals surface area (Å²) in [5, 5.41) is 0. The summed E-state index contributed by atoms with van der Waals surface area (Å²) >= 11 is 0. The van der Waals surface area contributed by atoms with Crippen LogP contribution in [-0.2, 0) is 9.47 Å². The molecule has 0 saturated heterocycles. The summed E-state index contributed by atoms with van der Waals surface area (Å²) in [7, 11) is 0. The van der Waals surface area contributed by atoms with E-state index in [2.05, 4.69) is 9.47 Å². The molecule has 0 fully saturated rings. The van der Waals surface area contributed by atoms with Crippen molar-refractivity contribution in [1.82, 2.24) is 0 Å². The first-order chi connectivity index (χ1) is 10.4. The summed E-state index contributed by atoms with van der Waals surface area (Å²) in [5.41, 5.74) is 0. The van der Waals surface area contributed by atoms with Crippen molar-refractivity contribution in [2.75, 3.05) is 13.7 Å². The van der Waals surface area contributed by atoms with Gasteiger partial charge in [-0.15, -0.1) is 0 Å². The highest BCUT2D eigenvalue weighted by Crippen LogP contribution is 2.36. The molecular formula is C8H6F14O2. The maximum absolute atomic E-state index is 11.4. The van der Waals surface area contributed by atoms with Crippen LogP contribution in [0, 0.1) is 0 Å². The van der Waals surface area contributed by atoms with Crippen molar-refractivity contribution in [2.45, 2.75) is 36.9 Å². The fraction of sp³-hybridized carbons (Fsp3) is 1.00. The molecule has 0 aliphatic rings. The third-order valence-electron chi connectivity index (χ3n) is 1.65. The number of hydrogen-bond donors (Lipinski definition) is 0. The van der Waals surface area contributed by atoms with Crippen molar-refractivity contribution in [2.24, 2.45) is 0 Å². The Bertz CT molecular complexity index is 277. The molecule has 0 spiro atoms. The van der Waals surface area contributed by atoms with Gasteiger partial charge < -0.3 is 9.47 Å². The molecule has 0 heterocycles. The van der Waals surface area contributed by atoms with E-state index in [0.717, 1.165) is 0 Å². The number of halogens is 14. The Morgan fingerprint density at radius 1 is 0.458 bits per heavy atom. The maximum atomic E-state index is 11.4. The van der Waals surface area contributed by atoms with E-state index in [9.17, 15) is 61.5 Å². The maximum Gasteiger partial charge on any atom is 0.423 e. The minimum Gasteiger partial charge on any atom is -0.329 e. The zero-order valence-electron chi connectivity index (χ0n) is 10.7. The quantitative estimate of drug-likeness (QED) is 0.629. The lowest BCUT2D eigenvalue weighted by atomic mass is 10.3.